The van der Waals surface area contributed by atoms with E-state index in [1.54, 1.807) is 18.6 Å². The van der Waals surface area contributed by atoms with Crippen LogP contribution in [0.25, 0.3) is 0 Å². The molecule has 0 aliphatic heterocycles. The van der Waals surface area contributed by atoms with Gasteiger partial charge in [-0.05, 0) is 6.42 Å². The number of imidazole rings is 1. The predicted octanol–water partition coefficient (Wildman–Crippen LogP) is 2.40. The highest BCUT2D eigenvalue weighted by Gasteiger charge is 2.17. The molecule has 7 nitrogen and oxygen atoms in total. The molecule has 2 aromatic rings. The van der Waals surface area contributed by atoms with Gasteiger partial charge in [-0.25, -0.2) is 15.0 Å². The predicted molar refractivity (Wildman–Crippen MR) is 81.4 cm³/mol. The lowest BCUT2D eigenvalue weighted by Crippen LogP contribution is -2.19. The topological polar surface area (TPSA) is 95.6 Å². The molecular weight excluding hydrogens is 268 g/mol. The summed E-state index contributed by atoms with van der Waals surface area (Å²) < 4.78 is 0. The van der Waals surface area contributed by atoms with E-state index in [1.165, 1.54) is 0 Å². The van der Waals surface area contributed by atoms with Crippen LogP contribution in [0.5, 0.6) is 0 Å². The number of amides is 1. The fourth-order valence-corrected chi connectivity index (χ4v) is 1.74. The molecule has 0 aromatic carbocycles. The third-order valence-corrected chi connectivity index (χ3v) is 2.83. The second-order valence-corrected chi connectivity index (χ2v) is 4.96. The van der Waals surface area contributed by atoms with Crippen LogP contribution in [0.1, 0.15) is 49.4 Å². The lowest BCUT2D eigenvalue weighted by molar-refractivity contribution is 0.102. The fourth-order valence-electron chi connectivity index (χ4n) is 1.74. The van der Waals surface area contributed by atoms with Crippen molar-refractivity contribution in [3.05, 3.63) is 30.1 Å². The van der Waals surface area contributed by atoms with Gasteiger partial charge in [-0.2, -0.15) is 0 Å². The second kappa shape index (κ2) is 6.83. The number of carbonyl (C=O) groups excluding carboxylic acids is 1. The van der Waals surface area contributed by atoms with Gasteiger partial charge in [0.25, 0.3) is 5.91 Å². The molecule has 0 atom stereocenters. The number of hydrogen-bond donors (Lipinski definition) is 3. The molecule has 0 aliphatic rings. The molecule has 0 bridgehead atoms. The minimum atomic E-state index is -0.312. The molecule has 1 amide bonds. The van der Waals surface area contributed by atoms with Crippen molar-refractivity contribution in [2.45, 2.75) is 33.1 Å². The Hall–Kier alpha value is -2.44. The Labute approximate surface area is 123 Å². The molecule has 0 saturated heterocycles. The molecule has 0 fully saturated rings. The SMILES string of the molecule is CCCNc1cnc(C(C)C)nc1C(=O)Nc1ncc[nH]1. The Balaban J connectivity index is 2.28. The van der Waals surface area contributed by atoms with E-state index in [9.17, 15) is 4.79 Å². The van der Waals surface area contributed by atoms with Gasteiger partial charge in [-0.3, -0.25) is 10.1 Å². The average molecular weight is 288 g/mol. The van der Waals surface area contributed by atoms with Crippen LogP contribution in [0.4, 0.5) is 11.6 Å². The molecule has 2 rings (SSSR count). The van der Waals surface area contributed by atoms with Crippen molar-refractivity contribution in [3.8, 4) is 0 Å². The number of hydrogen-bond acceptors (Lipinski definition) is 5. The quantitative estimate of drug-likeness (QED) is 0.758. The first-order chi connectivity index (χ1) is 10.1. The molecule has 7 heteroatoms. The van der Waals surface area contributed by atoms with Gasteiger partial charge in [0, 0.05) is 24.9 Å². The molecule has 2 aromatic heterocycles. The molecule has 2 heterocycles. The molecule has 0 aliphatic carbocycles. The average Bonchev–Trinajstić information content (AvgIpc) is 2.97. The fraction of sp³-hybridized carbons (Fsp3) is 0.429. The number of nitrogens with one attached hydrogen (secondary N) is 3. The molecular formula is C14H20N6O. The summed E-state index contributed by atoms with van der Waals surface area (Å²) in [5, 5.41) is 5.86. The smallest absolute Gasteiger partial charge is 0.278 e. The van der Waals surface area contributed by atoms with Crippen molar-refractivity contribution in [3.63, 3.8) is 0 Å². The van der Waals surface area contributed by atoms with E-state index < -0.39 is 0 Å². The van der Waals surface area contributed by atoms with Crippen LogP contribution in [-0.2, 0) is 0 Å². The summed E-state index contributed by atoms with van der Waals surface area (Å²) in [5.74, 6) is 0.876. The van der Waals surface area contributed by atoms with E-state index in [0.717, 1.165) is 13.0 Å². The van der Waals surface area contributed by atoms with Crippen LogP contribution in [0, 0.1) is 0 Å². The first kappa shape index (κ1) is 15.0. The zero-order valence-corrected chi connectivity index (χ0v) is 12.5. The van der Waals surface area contributed by atoms with Crippen molar-refractivity contribution >= 4 is 17.5 Å². The van der Waals surface area contributed by atoms with Crippen LogP contribution >= 0.6 is 0 Å². The number of nitrogens with zero attached hydrogens (tertiary/aromatic N) is 3. The standard InChI is InChI=1S/C14H20N6O/c1-4-5-15-10-8-18-12(9(2)3)19-11(10)13(21)20-14-16-6-7-17-14/h6-9,15H,4-5H2,1-3H3,(H2,16,17,20,21). The van der Waals surface area contributed by atoms with Crippen molar-refractivity contribution in [1.29, 1.82) is 0 Å². The van der Waals surface area contributed by atoms with Crippen molar-refractivity contribution in [1.82, 2.24) is 19.9 Å². The Kier molecular flexibility index (Phi) is 4.86. The van der Waals surface area contributed by atoms with Gasteiger partial charge >= 0.3 is 0 Å². The molecule has 0 saturated carbocycles. The van der Waals surface area contributed by atoms with E-state index in [0.29, 0.717) is 23.2 Å². The molecule has 0 spiro atoms. The summed E-state index contributed by atoms with van der Waals surface area (Å²) in [6, 6.07) is 0. The minimum absolute atomic E-state index is 0.153. The zero-order valence-electron chi connectivity index (χ0n) is 12.5. The van der Waals surface area contributed by atoms with Crippen LogP contribution in [0.15, 0.2) is 18.6 Å². The summed E-state index contributed by atoms with van der Waals surface area (Å²) >= 11 is 0. The van der Waals surface area contributed by atoms with Gasteiger partial charge in [0.1, 0.15) is 5.82 Å². The number of rotatable bonds is 6. The molecule has 3 N–H and O–H groups in total. The van der Waals surface area contributed by atoms with Crippen LogP contribution in [0.3, 0.4) is 0 Å². The van der Waals surface area contributed by atoms with Crippen LogP contribution in [0.2, 0.25) is 0 Å². The number of carbonyl (C=O) groups is 1. The summed E-state index contributed by atoms with van der Waals surface area (Å²) in [5.41, 5.74) is 0.962. The Morgan fingerprint density at radius 1 is 1.38 bits per heavy atom. The highest BCUT2D eigenvalue weighted by atomic mass is 16.2. The maximum atomic E-state index is 12.4. The number of H-pyrrole nitrogens is 1. The summed E-state index contributed by atoms with van der Waals surface area (Å²) in [6.45, 7) is 6.79. The van der Waals surface area contributed by atoms with E-state index in [1.807, 2.05) is 13.8 Å². The van der Waals surface area contributed by atoms with Crippen molar-refractivity contribution in [2.24, 2.45) is 0 Å². The Bertz CT molecular complexity index is 594. The van der Waals surface area contributed by atoms with Crippen molar-refractivity contribution < 1.29 is 4.79 Å². The molecule has 0 radical (unpaired) electrons. The van der Waals surface area contributed by atoms with Gasteiger partial charge in [0.15, 0.2) is 5.69 Å². The number of anilines is 2. The Morgan fingerprint density at radius 3 is 2.81 bits per heavy atom. The van der Waals surface area contributed by atoms with Crippen LogP contribution < -0.4 is 10.6 Å². The summed E-state index contributed by atoms with van der Waals surface area (Å²) in [4.78, 5) is 27.9. The normalized spacial score (nSPS) is 10.7. The number of aromatic nitrogens is 4. The van der Waals surface area contributed by atoms with Crippen LogP contribution in [-0.4, -0.2) is 32.4 Å². The van der Waals surface area contributed by atoms with Crippen molar-refractivity contribution in [2.75, 3.05) is 17.2 Å². The highest BCUT2D eigenvalue weighted by molar-refractivity contribution is 6.05. The second-order valence-electron chi connectivity index (χ2n) is 4.96. The van der Waals surface area contributed by atoms with Gasteiger partial charge in [-0.15, -0.1) is 0 Å². The van der Waals surface area contributed by atoms with Gasteiger partial charge in [-0.1, -0.05) is 20.8 Å². The molecule has 21 heavy (non-hydrogen) atoms. The number of aromatic amines is 1. The van der Waals surface area contributed by atoms with Gasteiger partial charge in [0.2, 0.25) is 5.95 Å². The first-order valence-electron chi connectivity index (χ1n) is 7.03. The third-order valence-electron chi connectivity index (χ3n) is 2.83. The summed E-state index contributed by atoms with van der Waals surface area (Å²) in [6.07, 6.45) is 5.83. The minimum Gasteiger partial charge on any atom is -0.382 e. The van der Waals surface area contributed by atoms with Gasteiger partial charge < -0.3 is 10.3 Å². The van der Waals surface area contributed by atoms with E-state index >= 15 is 0 Å². The summed E-state index contributed by atoms with van der Waals surface area (Å²) in [7, 11) is 0. The van der Waals surface area contributed by atoms with E-state index in [2.05, 4.69) is 37.5 Å². The lowest BCUT2D eigenvalue weighted by Gasteiger charge is -2.12. The lowest BCUT2D eigenvalue weighted by atomic mass is 10.2. The third kappa shape index (κ3) is 3.77. The molecule has 112 valence electrons. The highest BCUT2D eigenvalue weighted by Crippen LogP contribution is 2.17. The first-order valence-corrected chi connectivity index (χ1v) is 7.03. The zero-order chi connectivity index (χ0) is 15.2. The Morgan fingerprint density at radius 2 is 2.19 bits per heavy atom. The van der Waals surface area contributed by atoms with Gasteiger partial charge in [0.05, 0.1) is 11.9 Å². The maximum absolute atomic E-state index is 12.4. The monoisotopic (exact) mass is 288 g/mol. The van der Waals surface area contributed by atoms with E-state index in [4.69, 9.17) is 0 Å². The largest absolute Gasteiger partial charge is 0.382 e. The maximum Gasteiger partial charge on any atom is 0.278 e. The van der Waals surface area contributed by atoms with E-state index in [-0.39, 0.29) is 11.8 Å². The molecule has 0 unspecified atom stereocenters.